The van der Waals surface area contributed by atoms with Crippen molar-refractivity contribution in [3.05, 3.63) is 23.9 Å². The van der Waals surface area contributed by atoms with Gasteiger partial charge >= 0.3 is 6.09 Å². The summed E-state index contributed by atoms with van der Waals surface area (Å²) >= 11 is 0. The molecule has 3 N–H and O–H groups in total. The highest BCUT2D eigenvalue weighted by Crippen LogP contribution is 2.38. The van der Waals surface area contributed by atoms with E-state index in [1.54, 1.807) is 25.1 Å². The maximum Gasteiger partial charge on any atom is 0.416 e. The second-order valence-corrected chi connectivity index (χ2v) is 7.05. The lowest BCUT2D eigenvalue weighted by atomic mass is 10.1. The predicted octanol–water partition coefficient (Wildman–Crippen LogP) is 1.69. The van der Waals surface area contributed by atoms with E-state index in [1.165, 1.54) is 4.57 Å². The fourth-order valence-corrected chi connectivity index (χ4v) is 3.49. The van der Waals surface area contributed by atoms with Crippen LogP contribution in [0.4, 0.5) is 25.1 Å². The van der Waals surface area contributed by atoms with E-state index in [4.69, 9.17) is 15.2 Å². The Labute approximate surface area is 175 Å². The molecular weight excluding hydrogens is 414 g/mol. The maximum absolute atomic E-state index is 13.4. The second-order valence-electron chi connectivity index (χ2n) is 7.05. The number of halogens is 2. The summed E-state index contributed by atoms with van der Waals surface area (Å²) in [5, 5.41) is 12.6. The first-order chi connectivity index (χ1) is 14.8. The van der Waals surface area contributed by atoms with Crippen molar-refractivity contribution < 1.29 is 27.8 Å². The van der Waals surface area contributed by atoms with Crippen molar-refractivity contribution in [2.45, 2.75) is 32.0 Å². The number of benzene rings is 1. The number of carbonyl (C=O) groups excluding carboxylic acids is 2. The molecule has 0 spiro atoms. The Morgan fingerprint density at radius 3 is 2.87 bits per heavy atom. The number of rotatable bonds is 5. The van der Waals surface area contributed by atoms with Crippen LogP contribution in [0.3, 0.4) is 0 Å². The Morgan fingerprint density at radius 1 is 1.42 bits per heavy atom. The van der Waals surface area contributed by atoms with E-state index < -0.39 is 37.1 Å². The molecule has 2 aliphatic heterocycles. The number of nitriles is 1. The molecule has 0 radical (unpaired) electrons. The first kappa shape index (κ1) is 20.4. The lowest BCUT2D eigenvalue weighted by Crippen LogP contribution is -2.39. The molecule has 0 aliphatic carbocycles. The van der Waals surface area contributed by atoms with Gasteiger partial charge in [0, 0.05) is 11.8 Å². The number of nitrogens with zero attached hydrogens (tertiary/aromatic N) is 4. The summed E-state index contributed by atoms with van der Waals surface area (Å²) in [6.07, 6.45) is -3.84. The minimum Gasteiger partial charge on any atom is -0.491 e. The molecule has 31 heavy (non-hydrogen) atoms. The van der Waals surface area contributed by atoms with Crippen LogP contribution >= 0.6 is 0 Å². The zero-order valence-corrected chi connectivity index (χ0v) is 16.3. The highest BCUT2D eigenvalue weighted by atomic mass is 19.3. The summed E-state index contributed by atoms with van der Waals surface area (Å²) < 4.78 is 38.9. The van der Waals surface area contributed by atoms with Crippen LogP contribution in [0.1, 0.15) is 12.6 Å². The number of alkyl halides is 2. The molecule has 2 aliphatic rings. The van der Waals surface area contributed by atoms with Crippen LogP contribution in [0.15, 0.2) is 18.2 Å². The Kier molecular flexibility index (Phi) is 5.10. The number of anilines is 2. The number of nitrogens with one attached hydrogen (secondary N) is 1. The Bertz CT molecular complexity index is 1100. The number of hydrogen-bond donors (Lipinski definition) is 2. The van der Waals surface area contributed by atoms with Gasteiger partial charge in [-0.15, -0.1) is 0 Å². The van der Waals surface area contributed by atoms with E-state index in [-0.39, 0.29) is 24.7 Å². The maximum atomic E-state index is 13.4. The van der Waals surface area contributed by atoms with Gasteiger partial charge in [0.05, 0.1) is 12.1 Å². The molecule has 0 saturated carbocycles. The monoisotopic (exact) mass is 432 g/mol. The number of aromatic nitrogens is 2. The topological polar surface area (TPSA) is 136 Å². The van der Waals surface area contributed by atoms with Crippen LogP contribution in [-0.2, 0) is 16.1 Å². The molecule has 0 bridgehead atoms. The van der Waals surface area contributed by atoms with E-state index in [0.717, 1.165) is 4.90 Å². The summed E-state index contributed by atoms with van der Waals surface area (Å²) in [4.78, 5) is 28.5. The normalized spacial score (nSPS) is 18.4. The molecule has 1 aromatic heterocycles. The van der Waals surface area contributed by atoms with Crippen molar-refractivity contribution in [1.29, 1.82) is 5.26 Å². The smallest absolute Gasteiger partial charge is 0.416 e. The molecule has 2 aromatic rings. The largest absolute Gasteiger partial charge is 0.491 e. The SMILES string of the molecule is C[C@H](Nc1ccc2c(c1)OCCn1c-2nc(N2C(=O)OCC2C(F)F)c1C#N)C(N)=O. The molecule has 1 fully saturated rings. The number of imidazole rings is 1. The first-order valence-corrected chi connectivity index (χ1v) is 9.39. The van der Waals surface area contributed by atoms with Crippen molar-refractivity contribution in [3.63, 3.8) is 0 Å². The van der Waals surface area contributed by atoms with E-state index in [0.29, 0.717) is 22.8 Å². The standard InChI is InChI=1S/C19H18F2N6O4/c1-9(16(23)28)24-10-2-3-11-14(6-10)30-5-4-26-12(7-22)18(25-17(11)26)27-13(15(20)21)8-31-19(27)29/h2-3,6,9,13,15,24H,4-5,8H2,1H3,(H2,23,28)/t9-,13?/m0/s1. The molecule has 2 amide bonds. The lowest BCUT2D eigenvalue weighted by Gasteiger charge is -2.18. The van der Waals surface area contributed by atoms with Crippen molar-refractivity contribution in [1.82, 2.24) is 9.55 Å². The van der Waals surface area contributed by atoms with E-state index >= 15 is 0 Å². The summed E-state index contributed by atoms with van der Waals surface area (Å²) in [6, 6.07) is 4.79. The van der Waals surface area contributed by atoms with Gasteiger partial charge < -0.3 is 25.1 Å². The number of ether oxygens (including phenoxy) is 2. The van der Waals surface area contributed by atoms with Crippen LogP contribution in [-0.4, -0.2) is 53.3 Å². The number of fused-ring (bicyclic) bond motifs is 3. The first-order valence-electron chi connectivity index (χ1n) is 9.39. The van der Waals surface area contributed by atoms with Crippen molar-refractivity contribution in [2.75, 3.05) is 23.4 Å². The Hall–Kier alpha value is -3.88. The van der Waals surface area contributed by atoms with E-state index in [1.807, 2.05) is 6.07 Å². The number of amides is 2. The van der Waals surface area contributed by atoms with E-state index in [9.17, 15) is 23.6 Å². The molecule has 12 heteroatoms. The zero-order valence-electron chi connectivity index (χ0n) is 16.3. The number of cyclic esters (lactones) is 1. The predicted molar refractivity (Wildman–Crippen MR) is 104 cm³/mol. The van der Waals surface area contributed by atoms with Gasteiger partial charge in [0.25, 0.3) is 6.43 Å². The van der Waals surface area contributed by atoms with Gasteiger partial charge in [-0.25, -0.2) is 23.5 Å². The van der Waals surface area contributed by atoms with Crippen molar-refractivity contribution in [2.24, 2.45) is 5.73 Å². The summed E-state index contributed by atoms with van der Waals surface area (Å²) in [5.41, 5.74) is 6.31. The molecule has 1 saturated heterocycles. The zero-order chi connectivity index (χ0) is 22.3. The third-order valence-electron chi connectivity index (χ3n) is 5.08. The lowest BCUT2D eigenvalue weighted by molar-refractivity contribution is -0.118. The highest BCUT2D eigenvalue weighted by molar-refractivity contribution is 5.91. The van der Waals surface area contributed by atoms with Crippen molar-refractivity contribution in [3.8, 4) is 23.2 Å². The third-order valence-corrected chi connectivity index (χ3v) is 5.08. The average Bonchev–Trinajstić information content (AvgIpc) is 3.22. The van der Waals surface area contributed by atoms with Gasteiger partial charge in [-0.1, -0.05) is 0 Å². The number of primary amides is 1. The number of hydrogen-bond acceptors (Lipinski definition) is 7. The van der Waals surface area contributed by atoms with Crippen molar-refractivity contribution >= 4 is 23.5 Å². The van der Waals surface area contributed by atoms with Crippen LogP contribution in [0.25, 0.3) is 11.4 Å². The summed E-state index contributed by atoms with van der Waals surface area (Å²) in [5.74, 6) is 0.000582. The highest BCUT2D eigenvalue weighted by Gasteiger charge is 2.43. The van der Waals surface area contributed by atoms with Crippen LogP contribution in [0.2, 0.25) is 0 Å². The molecule has 2 atom stereocenters. The molecule has 1 aromatic carbocycles. The minimum absolute atomic E-state index is 0.0412. The van der Waals surface area contributed by atoms with Crippen LogP contribution < -0.4 is 20.7 Å². The molecule has 162 valence electrons. The molecule has 3 heterocycles. The quantitative estimate of drug-likeness (QED) is 0.734. The van der Waals surface area contributed by atoms with Crippen LogP contribution in [0, 0.1) is 11.3 Å². The summed E-state index contributed by atoms with van der Waals surface area (Å²) in [7, 11) is 0. The number of nitrogens with two attached hydrogens (primary N) is 1. The van der Waals surface area contributed by atoms with Gasteiger partial charge in [-0.05, 0) is 19.1 Å². The second kappa shape index (κ2) is 7.75. The number of carbonyl (C=O) groups is 2. The van der Waals surface area contributed by atoms with Gasteiger partial charge in [0.15, 0.2) is 11.5 Å². The summed E-state index contributed by atoms with van der Waals surface area (Å²) in [6.45, 7) is 1.50. The molecule has 4 rings (SSSR count). The fraction of sp³-hybridized carbons (Fsp3) is 0.368. The van der Waals surface area contributed by atoms with Gasteiger partial charge in [0.2, 0.25) is 5.91 Å². The Morgan fingerprint density at radius 2 is 2.19 bits per heavy atom. The van der Waals surface area contributed by atoms with Gasteiger partial charge in [-0.2, -0.15) is 5.26 Å². The average molecular weight is 432 g/mol. The van der Waals surface area contributed by atoms with Gasteiger partial charge in [-0.3, -0.25) is 4.79 Å². The molecule has 1 unspecified atom stereocenters. The minimum atomic E-state index is -2.86. The fourth-order valence-electron chi connectivity index (χ4n) is 3.49. The Balaban J connectivity index is 1.78. The molecular formula is C19H18F2N6O4. The third kappa shape index (κ3) is 3.48. The molecule has 10 nitrogen and oxygen atoms in total. The van der Waals surface area contributed by atoms with Gasteiger partial charge in [0.1, 0.15) is 42.9 Å². The van der Waals surface area contributed by atoms with Crippen LogP contribution in [0.5, 0.6) is 5.75 Å². The van der Waals surface area contributed by atoms with E-state index in [2.05, 4.69) is 10.3 Å².